The molecule has 0 fully saturated rings. The summed E-state index contributed by atoms with van der Waals surface area (Å²) in [5.41, 5.74) is -6.52. The van der Waals surface area contributed by atoms with Gasteiger partial charge in [-0.2, -0.15) is 70.2 Å². The number of halogens is 16. The molecule has 6 nitrogen and oxygen atoms in total. The summed E-state index contributed by atoms with van der Waals surface area (Å²) in [4.78, 5) is 12.2. The van der Waals surface area contributed by atoms with Crippen molar-refractivity contribution < 1.29 is 85.6 Å². The summed E-state index contributed by atoms with van der Waals surface area (Å²) in [5.74, 6) is -42.3. The van der Waals surface area contributed by atoms with Gasteiger partial charge in [0, 0.05) is 35.3 Å². The molecule has 0 spiro atoms. The van der Waals surface area contributed by atoms with E-state index in [0.29, 0.717) is 29.5 Å². The van der Waals surface area contributed by atoms with Crippen LogP contribution in [-0.4, -0.2) is 82.5 Å². The van der Waals surface area contributed by atoms with Crippen molar-refractivity contribution in [2.24, 2.45) is 15.0 Å². The second-order valence-electron chi connectivity index (χ2n) is 13.6. The Labute approximate surface area is 318 Å². The number of aryl methyl sites for hydroxylation is 4. The van der Waals surface area contributed by atoms with Crippen LogP contribution in [0.15, 0.2) is 51.4 Å². The molecule has 3 aromatic carbocycles. The van der Waals surface area contributed by atoms with Gasteiger partial charge in [0.15, 0.2) is 0 Å². The summed E-state index contributed by atoms with van der Waals surface area (Å²) in [6, 6.07) is 5.45. The molecule has 0 heterocycles. The zero-order valence-corrected chi connectivity index (χ0v) is 30.3. The zero-order chi connectivity index (χ0) is 44.8. The van der Waals surface area contributed by atoms with Gasteiger partial charge in [-0.15, -0.1) is 0 Å². The minimum atomic E-state index is -8.16. The Morgan fingerprint density at radius 2 is 0.862 bits per heavy atom. The highest BCUT2D eigenvalue weighted by Crippen LogP contribution is 2.62. The third-order valence-electron chi connectivity index (χ3n) is 8.46. The molecule has 0 saturated heterocycles. The van der Waals surface area contributed by atoms with Crippen LogP contribution < -0.4 is 0 Å². The van der Waals surface area contributed by atoms with Crippen LogP contribution in [0.4, 0.5) is 70.2 Å². The Morgan fingerprint density at radius 3 is 1.31 bits per heavy atom. The van der Waals surface area contributed by atoms with Crippen LogP contribution in [0.5, 0.6) is 17.2 Å². The minimum absolute atomic E-state index is 0.0262. The molecule has 0 unspecified atom stereocenters. The number of aromatic hydroxyl groups is 3. The van der Waals surface area contributed by atoms with E-state index >= 15 is 8.78 Å². The van der Waals surface area contributed by atoms with E-state index in [2.05, 4.69) is 15.0 Å². The van der Waals surface area contributed by atoms with E-state index in [9.17, 15) is 76.8 Å². The molecular weight excluding hydrogens is 826 g/mol. The highest BCUT2D eigenvalue weighted by Gasteiger charge is 2.91. The van der Waals surface area contributed by atoms with Crippen LogP contribution in [0.2, 0.25) is 0 Å². The lowest BCUT2D eigenvalue weighted by Gasteiger charge is -2.40. The van der Waals surface area contributed by atoms with Crippen molar-refractivity contribution in [1.29, 1.82) is 0 Å². The maximum Gasteiger partial charge on any atom is 0.460 e. The van der Waals surface area contributed by atoms with Crippen molar-refractivity contribution in [2.75, 3.05) is 13.1 Å². The Hall–Kier alpha value is -5.05. The van der Waals surface area contributed by atoms with Crippen LogP contribution in [0, 0.1) is 27.7 Å². The van der Waals surface area contributed by atoms with E-state index < -0.39 is 99.9 Å². The molecule has 1 atom stereocenters. The average molecular weight is 858 g/mol. The van der Waals surface area contributed by atoms with Crippen molar-refractivity contribution in [3.05, 3.63) is 86.5 Å². The third kappa shape index (κ3) is 8.84. The Morgan fingerprint density at radius 1 is 0.483 bits per heavy atom. The first-order chi connectivity index (χ1) is 26.1. The number of rotatable bonds is 13. The van der Waals surface area contributed by atoms with E-state index in [1.54, 1.807) is 19.9 Å². The standard InChI is InChI=1S/C36H31F16N3O3/c1-17-6-20(4)26(56)21(7-17)12-53-15-29(5,55-14-23-9-19(3)11-25(28(23)58)31(39,40)41)16-54-13-22-8-18(2)10-24(27(22)57)30(37,38)32(42,43)33(44,45)34(46,47)35(48,49)36(50,51)52/h6-14,56-58H,15-16H2,1-5H3/t29-/m1/s1. The second-order valence-corrected chi connectivity index (χ2v) is 13.6. The molecule has 0 aliphatic heterocycles. The molecule has 3 aromatic rings. The number of alkyl halides is 16. The van der Waals surface area contributed by atoms with Crippen molar-refractivity contribution in [1.82, 2.24) is 0 Å². The third-order valence-corrected chi connectivity index (χ3v) is 8.46. The molecule has 58 heavy (non-hydrogen) atoms. The summed E-state index contributed by atoms with van der Waals surface area (Å²) in [6.07, 6.45) is -10.2. The van der Waals surface area contributed by atoms with Gasteiger partial charge in [0.05, 0.1) is 29.8 Å². The van der Waals surface area contributed by atoms with Gasteiger partial charge in [-0.3, -0.25) is 15.0 Å². The number of benzene rings is 3. The van der Waals surface area contributed by atoms with Crippen molar-refractivity contribution in [3.63, 3.8) is 0 Å². The molecular formula is C36H31F16N3O3. The molecule has 0 bridgehead atoms. The van der Waals surface area contributed by atoms with E-state index in [-0.39, 0.29) is 22.9 Å². The summed E-state index contributed by atoms with van der Waals surface area (Å²) >= 11 is 0. The van der Waals surface area contributed by atoms with Gasteiger partial charge in [0.1, 0.15) is 17.2 Å². The number of phenolic OH excluding ortho intramolecular Hbond substituents is 3. The molecule has 22 heteroatoms. The Kier molecular flexibility index (Phi) is 12.7. The molecule has 0 aromatic heterocycles. The smallest absolute Gasteiger partial charge is 0.460 e. The summed E-state index contributed by atoms with van der Waals surface area (Å²) in [5, 5.41) is 31.2. The SMILES string of the molecule is Cc1cc(C)c(O)c(C=NC[C@](C)(CN=Cc2cc(C)cc(C(F)(F)C(F)(F)C(F)(F)C(F)(F)C(F)(F)C(F)(F)F)c2O)N=Cc2cc(C)cc(C(F)(F)F)c2O)c1. The van der Waals surface area contributed by atoms with Gasteiger partial charge in [-0.25, -0.2) is 0 Å². The Bertz CT molecular complexity index is 2110. The number of nitrogens with zero attached hydrogens (tertiary/aromatic N) is 3. The molecule has 3 N–H and O–H groups in total. The largest absolute Gasteiger partial charge is 0.507 e. The van der Waals surface area contributed by atoms with Crippen molar-refractivity contribution in [2.45, 2.75) is 82.1 Å². The molecule has 320 valence electrons. The van der Waals surface area contributed by atoms with Crippen LogP contribution in [0.25, 0.3) is 0 Å². The first-order valence-electron chi connectivity index (χ1n) is 16.1. The van der Waals surface area contributed by atoms with E-state index in [0.717, 1.165) is 19.2 Å². The lowest BCUT2D eigenvalue weighted by Crippen LogP contribution is -2.69. The maximum atomic E-state index is 15.1. The van der Waals surface area contributed by atoms with E-state index in [1.165, 1.54) is 26.1 Å². The number of hydrogen-bond acceptors (Lipinski definition) is 6. The van der Waals surface area contributed by atoms with E-state index in [4.69, 9.17) is 0 Å². The quantitative estimate of drug-likeness (QED) is 0.118. The lowest BCUT2D eigenvalue weighted by atomic mass is 9.89. The molecule has 0 aliphatic rings. The number of aliphatic imine (C=N–C) groups is 3. The highest BCUT2D eigenvalue weighted by atomic mass is 19.4. The van der Waals surface area contributed by atoms with Gasteiger partial charge in [-0.1, -0.05) is 6.07 Å². The topological polar surface area (TPSA) is 97.8 Å². The van der Waals surface area contributed by atoms with Crippen LogP contribution in [0.3, 0.4) is 0 Å². The molecule has 0 radical (unpaired) electrons. The highest BCUT2D eigenvalue weighted by molar-refractivity contribution is 5.86. The van der Waals surface area contributed by atoms with Crippen molar-refractivity contribution >= 4 is 18.6 Å². The van der Waals surface area contributed by atoms with Gasteiger partial charge in [0.25, 0.3) is 0 Å². The monoisotopic (exact) mass is 857 g/mol. The summed E-state index contributed by atoms with van der Waals surface area (Å²) in [7, 11) is 0. The van der Waals surface area contributed by atoms with Crippen LogP contribution in [0.1, 0.15) is 57.0 Å². The predicted octanol–water partition coefficient (Wildman–Crippen LogP) is 10.7. The van der Waals surface area contributed by atoms with E-state index in [1.807, 2.05) is 0 Å². The van der Waals surface area contributed by atoms with Gasteiger partial charge >= 0.3 is 42.0 Å². The first kappa shape index (κ1) is 47.3. The minimum Gasteiger partial charge on any atom is -0.507 e. The van der Waals surface area contributed by atoms with Gasteiger partial charge in [0.2, 0.25) is 0 Å². The fourth-order valence-electron chi connectivity index (χ4n) is 5.33. The van der Waals surface area contributed by atoms with Crippen LogP contribution >= 0.6 is 0 Å². The summed E-state index contributed by atoms with van der Waals surface area (Å²) in [6.45, 7) is 5.43. The fraction of sp³-hybridized carbons (Fsp3) is 0.417. The predicted molar refractivity (Wildman–Crippen MR) is 179 cm³/mol. The van der Waals surface area contributed by atoms with Gasteiger partial charge < -0.3 is 15.3 Å². The van der Waals surface area contributed by atoms with Crippen LogP contribution in [-0.2, 0) is 12.1 Å². The van der Waals surface area contributed by atoms with Gasteiger partial charge in [-0.05, 0) is 87.2 Å². The zero-order valence-electron chi connectivity index (χ0n) is 30.3. The maximum absolute atomic E-state index is 15.1. The normalized spacial score (nSPS) is 15.3. The second kappa shape index (κ2) is 15.6. The number of hydrogen-bond donors (Lipinski definition) is 3. The Balaban J connectivity index is 2.12. The van der Waals surface area contributed by atoms with Crippen molar-refractivity contribution in [3.8, 4) is 17.2 Å². The molecule has 0 aliphatic carbocycles. The summed E-state index contributed by atoms with van der Waals surface area (Å²) < 4.78 is 221. The fourth-order valence-corrected chi connectivity index (χ4v) is 5.33. The first-order valence-corrected chi connectivity index (χ1v) is 16.1. The average Bonchev–Trinajstić information content (AvgIpc) is 3.07. The number of phenols is 3. The lowest BCUT2D eigenvalue weighted by molar-refractivity contribution is -0.441. The molecule has 0 amide bonds. The molecule has 3 rings (SSSR count). The molecule has 0 saturated carbocycles.